The average molecular weight is 546 g/mol. The number of hydrogen-bond acceptors (Lipinski definition) is 5. The Balaban J connectivity index is 1.42. The van der Waals surface area contributed by atoms with E-state index in [0.29, 0.717) is 30.2 Å². The molecule has 0 radical (unpaired) electrons. The molecular weight excluding hydrogens is 514 g/mol. The zero-order valence-corrected chi connectivity index (χ0v) is 23.3. The lowest BCUT2D eigenvalue weighted by Gasteiger charge is -2.23. The minimum Gasteiger partial charge on any atom is -0.496 e. The van der Waals surface area contributed by atoms with E-state index in [1.54, 1.807) is 13.2 Å². The Hall–Kier alpha value is -3.81. The highest BCUT2D eigenvalue weighted by Crippen LogP contribution is 2.34. The Kier molecular flexibility index (Phi) is 7.64. The van der Waals surface area contributed by atoms with Crippen LogP contribution in [-0.4, -0.2) is 54.6 Å². The first-order valence-electron chi connectivity index (χ1n) is 12.9. The Morgan fingerprint density at radius 1 is 1.05 bits per heavy atom. The van der Waals surface area contributed by atoms with E-state index in [0.717, 1.165) is 44.5 Å². The fourth-order valence-electron chi connectivity index (χ4n) is 5.52. The Morgan fingerprint density at radius 3 is 2.54 bits per heavy atom. The van der Waals surface area contributed by atoms with Gasteiger partial charge in [0.1, 0.15) is 17.5 Å². The van der Waals surface area contributed by atoms with Crippen LogP contribution < -0.4 is 10.1 Å². The van der Waals surface area contributed by atoms with E-state index < -0.39 is 6.04 Å². The second-order valence-electron chi connectivity index (χ2n) is 10.1. The molecule has 202 valence electrons. The van der Waals surface area contributed by atoms with Gasteiger partial charge in [0.25, 0.3) is 5.91 Å². The highest BCUT2D eigenvalue weighted by molar-refractivity contribution is 6.31. The van der Waals surface area contributed by atoms with Crippen LogP contribution in [-0.2, 0) is 16.1 Å². The van der Waals surface area contributed by atoms with Gasteiger partial charge in [-0.15, -0.1) is 0 Å². The lowest BCUT2D eigenvalue weighted by molar-refractivity contribution is -0.146. The molecule has 4 aromatic rings. The summed E-state index contributed by atoms with van der Waals surface area (Å²) in [5.74, 6) is 0.300. The molecule has 5 rings (SSSR count). The van der Waals surface area contributed by atoms with Gasteiger partial charge in [-0.2, -0.15) is 0 Å². The molecule has 2 atom stereocenters. The van der Waals surface area contributed by atoms with Gasteiger partial charge in [0.2, 0.25) is 0 Å². The van der Waals surface area contributed by atoms with Gasteiger partial charge in [-0.3, -0.25) is 14.5 Å². The highest BCUT2D eigenvalue weighted by atomic mass is 35.5. The molecule has 0 saturated carbocycles. The third-order valence-electron chi connectivity index (χ3n) is 7.49. The molecule has 1 fully saturated rings. The summed E-state index contributed by atoms with van der Waals surface area (Å²) in [6, 6.07) is 18.7. The quantitative estimate of drug-likeness (QED) is 0.293. The molecule has 1 aliphatic heterocycles. The molecule has 3 aromatic carbocycles. The molecule has 2 heterocycles. The normalized spacial score (nSPS) is 17.4. The summed E-state index contributed by atoms with van der Waals surface area (Å²) in [7, 11) is 3.06. The number of ether oxygens (including phenoxy) is 2. The van der Waals surface area contributed by atoms with Crippen LogP contribution >= 0.6 is 11.6 Å². The van der Waals surface area contributed by atoms with Gasteiger partial charge in [-0.25, -0.2) is 0 Å². The number of halogens is 1. The van der Waals surface area contributed by atoms with E-state index in [1.165, 1.54) is 7.11 Å². The van der Waals surface area contributed by atoms with E-state index in [1.807, 2.05) is 62.4 Å². The molecule has 8 heteroatoms. The zero-order chi connectivity index (χ0) is 27.7. The fraction of sp³-hybridized carbons (Fsp3) is 0.290. The molecule has 0 unspecified atom stereocenters. The number of amides is 1. The van der Waals surface area contributed by atoms with Crippen LogP contribution in [0.2, 0.25) is 5.02 Å². The lowest BCUT2D eigenvalue weighted by Crippen LogP contribution is -2.38. The van der Waals surface area contributed by atoms with Crippen LogP contribution in [0.1, 0.15) is 33.6 Å². The zero-order valence-electron chi connectivity index (χ0n) is 22.5. The smallest absolute Gasteiger partial charge is 0.323 e. The number of carbonyl (C=O) groups excluding carboxylic acids is 2. The fourth-order valence-corrected chi connectivity index (χ4v) is 5.69. The van der Waals surface area contributed by atoms with Gasteiger partial charge in [0.05, 0.1) is 14.2 Å². The molecule has 2 N–H and O–H groups in total. The van der Waals surface area contributed by atoms with Crippen molar-refractivity contribution in [1.29, 1.82) is 0 Å². The molecule has 39 heavy (non-hydrogen) atoms. The number of esters is 1. The summed E-state index contributed by atoms with van der Waals surface area (Å²) < 4.78 is 10.6. The molecule has 0 spiro atoms. The number of rotatable bonds is 7. The number of nitrogens with one attached hydrogen (secondary N) is 2. The van der Waals surface area contributed by atoms with Crippen molar-refractivity contribution in [2.45, 2.75) is 38.9 Å². The molecule has 1 amide bonds. The van der Waals surface area contributed by atoms with E-state index >= 15 is 0 Å². The van der Waals surface area contributed by atoms with Crippen molar-refractivity contribution in [3.05, 3.63) is 88.1 Å². The van der Waals surface area contributed by atoms with Crippen LogP contribution in [0.3, 0.4) is 0 Å². The minimum atomic E-state index is -0.461. The summed E-state index contributed by atoms with van der Waals surface area (Å²) in [5, 5.41) is 4.66. The molecule has 1 aliphatic rings. The molecule has 0 aliphatic carbocycles. The average Bonchev–Trinajstić information content (AvgIpc) is 3.51. The van der Waals surface area contributed by atoms with Crippen molar-refractivity contribution in [2.24, 2.45) is 0 Å². The van der Waals surface area contributed by atoms with Crippen molar-refractivity contribution in [2.75, 3.05) is 20.8 Å². The van der Waals surface area contributed by atoms with E-state index in [2.05, 4.69) is 21.3 Å². The number of carbonyl (C=O) groups is 2. The number of H-pyrrole nitrogens is 1. The summed E-state index contributed by atoms with van der Waals surface area (Å²) in [6.07, 6.45) is 0.458. The first-order valence-corrected chi connectivity index (χ1v) is 13.3. The molecule has 7 nitrogen and oxygen atoms in total. The standard InChI is InChI=1S/C31H32ClN3O4/c1-18-13-27(38-3)19(2)12-21(18)16-35-17-23(15-26(35)31(37)39-4)33-30(36)29-28(20-8-6-5-7-9-20)24-14-22(32)10-11-25(24)34-29/h5-14,23,26,34H,15-17H2,1-4H3,(H,33,36)/t23-,26-/m0/s1. The number of methoxy groups -OCH3 is 2. The predicted octanol–water partition coefficient (Wildman–Crippen LogP) is 5.66. The van der Waals surface area contributed by atoms with Crippen LogP contribution in [0.25, 0.3) is 22.0 Å². The second-order valence-corrected chi connectivity index (χ2v) is 10.5. The summed E-state index contributed by atoms with van der Waals surface area (Å²) in [6.45, 7) is 5.11. The van der Waals surface area contributed by atoms with Gasteiger partial charge in [0.15, 0.2) is 0 Å². The maximum atomic E-state index is 13.7. The SMILES string of the molecule is COC(=O)[C@@H]1C[C@H](NC(=O)c2[nH]c3ccc(Cl)cc3c2-c2ccccc2)CN1Cc1cc(C)c(OC)cc1C. The Labute approximate surface area is 233 Å². The van der Waals surface area contributed by atoms with Gasteiger partial charge in [-0.1, -0.05) is 48.0 Å². The highest BCUT2D eigenvalue weighted by Gasteiger charge is 2.39. The number of nitrogens with zero attached hydrogens (tertiary/aromatic N) is 1. The number of fused-ring (bicyclic) bond motifs is 1. The van der Waals surface area contributed by atoms with Gasteiger partial charge in [-0.05, 0) is 66.8 Å². The van der Waals surface area contributed by atoms with Gasteiger partial charge >= 0.3 is 5.97 Å². The van der Waals surface area contributed by atoms with E-state index in [4.69, 9.17) is 21.1 Å². The number of aromatic amines is 1. The molecule has 1 saturated heterocycles. The first kappa shape index (κ1) is 26.8. The van der Waals surface area contributed by atoms with Crippen molar-refractivity contribution in [1.82, 2.24) is 15.2 Å². The van der Waals surface area contributed by atoms with Crippen molar-refractivity contribution in [3.63, 3.8) is 0 Å². The first-order chi connectivity index (χ1) is 18.8. The van der Waals surface area contributed by atoms with E-state index in [9.17, 15) is 9.59 Å². The number of aryl methyl sites for hydroxylation is 2. The summed E-state index contributed by atoms with van der Waals surface area (Å²) >= 11 is 6.31. The summed E-state index contributed by atoms with van der Waals surface area (Å²) in [4.78, 5) is 31.8. The van der Waals surface area contributed by atoms with E-state index in [-0.39, 0.29) is 17.9 Å². The van der Waals surface area contributed by atoms with Crippen molar-refractivity contribution >= 4 is 34.4 Å². The second kappa shape index (κ2) is 11.1. The maximum Gasteiger partial charge on any atom is 0.323 e. The van der Waals surface area contributed by atoms with Crippen LogP contribution in [0.4, 0.5) is 0 Å². The number of hydrogen-bond donors (Lipinski definition) is 2. The van der Waals surface area contributed by atoms with Crippen LogP contribution in [0, 0.1) is 13.8 Å². The predicted molar refractivity (Wildman–Crippen MR) is 153 cm³/mol. The lowest BCUT2D eigenvalue weighted by atomic mass is 10.0. The monoisotopic (exact) mass is 545 g/mol. The van der Waals surface area contributed by atoms with Crippen LogP contribution in [0.5, 0.6) is 5.75 Å². The summed E-state index contributed by atoms with van der Waals surface area (Å²) in [5.41, 5.74) is 6.23. The minimum absolute atomic E-state index is 0.229. The topological polar surface area (TPSA) is 83.7 Å². The molecule has 1 aromatic heterocycles. The number of benzene rings is 3. The maximum absolute atomic E-state index is 13.7. The Bertz CT molecular complexity index is 1530. The van der Waals surface area contributed by atoms with Crippen molar-refractivity contribution in [3.8, 4) is 16.9 Å². The van der Waals surface area contributed by atoms with Gasteiger partial charge < -0.3 is 19.8 Å². The number of aromatic nitrogens is 1. The third kappa shape index (κ3) is 5.37. The van der Waals surface area contributed by atoms with Crippen molar-refractivity contribution < 1.29 is 19.1 Å². The molecular formula is C31H32ClN3O4. The Morgan fingerprint density at radius 2 is 1.82 bits per heavy atom. The van der Waals surface area contributed by atoms with Gasteiger partial charge in [0, 0.05) is 40.6 Å². The third-order valence-corrected chi connectivity index (χ3v) is 7.72. The largest absolute Gasteiger partial charge is 0.496 e. The molecule has 0 bridgehead atoms. The van der Waals surface area contributed by atoms with Crippen LogP contribution in [0.15, 0.2) is 60.7 Å². The number of likely N-dealkylation sites (tertiary alicyclic amines) is 1.